The molecule has 0 spiro atoms. The molecule has 28 heavy (non-hydrogen) atoms. The van der Waals surface area contributed by atoms with Crippen LogP contribution < -0.4 is 0 Å². The second-order valence-corrected chi connectivity index (χ2v) is 4.95. The summed E-state index contributed by atoms with van der Waals surface area (Å²) in [6, 6.07) is -0.947. The predicted octanol–water partition coefficient (Wildman–Crippen LogP) is 6.97. The number of benzene rings is 2. The highest BCUT2D eigenvalue weighted by Gasteiger charge is 2.41. The van der Waals surface area contributed by atoms with Crippen LogP contribution >= 0.6 is 0 Å². The lowest BCUT2D eigenvalue weighted by Gasteiger charge is -2.12. The summed E-state index contributed by atoms with van der Waals surface area (Å²) < 4.78 is 156. The normalized spacial score (nSPS) is 12.9. The molecule has 2 nitrogen and oxygen atoms in total. The van der Waals surface area contributed by atoms with Gasteiger partial charge in [0.15, 0.2) is 34.6 Å². The maximum Gasteiger partial charge on any atom is 0.422 e. The van der Waals surface area contributed by atoms with Crippen molar-refractivity contribution in [1.29, 1.82) is 0 Å². The van der Waals surface area contributed by atoms with Gasteiger partial charge in [-0.2, -0.15) is 26.3 Å². The molecule has 0 heterocycles. The number of hydrogen-bond donors (Lipinski definition) is 0. The summed E-state index contributed by atoms with van der Waals surface area (Å²) in [5.74, 6) is -14.3. The van der Waals surface area contributed by atoms with Gasteiger partial charge in [0.1, 0.15) is 22.8 Å². The van der Waals surface area contributed by atoms with E-state index in [-0.39, 0.29) is 0 Å². The molecule has 14 heteroatoms. The number of azo groups is 1. The summed E-state index contributed by atoms with van der Waals surface area (Å²) in [6.45, 7) is 0. The van der Waals surface area contributed by atoms with E-state index in [4.69, 9.17) is 0 Å². The SMILES string of the molecule is Fc1cc(F)c(C(F)(F)F)c(F)c1/N=N/c1c(F)cc(F)c(C(F)(F)F)c1F. The smallest absolute Gasteiger partial charge is 0.206 e. The fourth-order valence-electron chi connectivity index (χ4n) is 1.96. The average Bonchev–Trinajstić information content (AvgIpc) is 2.45. The van der Waals surface area contributed by atoms with Crippen LogP contribution in [0, 0.1) is 34.9 Å². The molecule has 0 fully saturated rings. The van der Waals surface area contributed by atoms with E-state index in [9.17, 15) is 52.7 Å². The molecule has 0 radical (unpaired) electrons. The van der Waals surface area contributed by atoms with Crippen molar-refractivity contribution in [3.05, 3.63) is 58.2 Å². The summed E-state index contributed by atoms with van der Waals surface area (Å²) in [6.07, 6.45) is -11.4. The molecule has 0 saturated heterocycles. The summed E-state index contributed by atoms with van der Waals surface area (Å²) in [5.41, 5.74) is -9.24. The zero-order chi connectivity index (χ0) is 21.6. The van der Waals surface area contributed by atoms with E-state index in [1.54, 1.807) is 0 Å². The zero-order valence-corrected chi connectivity index (χ0v) is 12.6. The molecule has 2 rings (SSSR count). The number of nitrogens with zero attached hydrogens (tertiary/aromatic N) is 2. The minimum Gasteiger partial charge on any atom is -0.206 e. The van der Waals surface area contributed by atoms with Crippen LogP contribution in [0.25, 0.3) is 0 Å². The van der Waals surface area contributed by atoms with Gasteiger partial charge in [-0.3, -0.25) is 0 Å². The van der Waals surface area contributed by atoms with E-state index < -0.39 is 81.9 Å². The topological polar surface area (TPSA) is 24.7 Å². The highest BCUT2D eigenvalue weighted by atomic mass is 19.4. The van der Waals surface area contributed by atoms with Crippen LogP contribution in [0.15, 0.2) is 22.4 Å². The van der Waals surface area contributed by atoms with Crippen molar-refractivity contribution in [1.82, 2.24) is 0 Å². The Morgan fingerprint density at radius 1 is 0.500 bits per heavy atom. The molecule has 0 aliphatic carbocycles. The van der Waals surface area contributed by atoms with Gasteiger partial charge in [0.05, 0.1) is 0 Å². The van der Waals surface area contributed by atoms with Crippen LogP contribution in [0.1, 0.15) is 11.1 Å². The summed E-state index contributed by atoms with van der Waals surface area (Å²) >= 11 is 0. The van der Waals surface area contributed by atoms with Crippen molar-refractivity contribution in [3.8, 4) is 0 Å². The molecule has 0 saturated carbocycles. The van der Waals surface area contributed by atoms with Crippen LogP contribution in [0.4, 0.5) is 64.1 Å². The van der Waals surface area contributed by atoms with Crippen LogP contribution in [-0.4, -0.2) is 0 Å². The summed E-state index contributed by atoms with van der Waals surface area (Å²) in [7, 11) is 0. The van der Waals surface area contributed by atoms with Gasteiger partial charge < -0.3 is 0 Å². The van der Waals surface area contributed by atoms with Gasteiger partial charge in [-0.1, -0.05) is 0 Å². The molecule has 0 unspecified atom stereocenters. The number of hydrogen-bond acceptors (Lipinski definition) is 2. The first-order chi connectivity index (χ1) is 12.7. The Hall–Kier alpha value is -2.80. The van der Waals surface area contributed by atoms with Crippen LogP contribution in [0.2, 0.25) is 0 Å². The molecule has 2 aromatic carbocycles. The maximum atomic E-state index is 13.7. The molecule has 0 aromatic heterocycles. The van der Waals surface area contributed by atoms with Gasteiger partial charge >= 0.3 is 12.4 Å². The lowest BCUT2D eigenvalue weighted by Crippen LogP contribution is -2.12. The fourth-order valence-corrected chi connectivity index (χ4v) is 1.96. The van der Waals surface area contributed by atoms with Crippen molar-refractivity contribution in [3.63, 3.8) is 0 Å². The standard InChI is InChI=1S/C14H2F12N2/c15-3-1-5(17)11(9(19)7(3)13(21,22)23)27-28-12-6(18)2-4(16)8(10(12)20)14(24,25)26/h1-2H/b28-27+. The van der Waals surface area contributed by atoms with Crippen molar-refractivity contribution < 1.29 is 52.7 Å². The highest BCUT2D eigenvalue weighted by molar-refractivity contribution is 5.48. The van der Waals surface area contributed by atoms with Gasteiger partial charge in [0, 0.05) is 12.1 Å². The molecule has 0 aliphatic heterocycles. The van der Waals surface area contributed by atoms with Gasteiger partial charge in [-0.05, 0) is 0 Å². The number of rotatable bonds is 2. The molecular weight excluding hydrogens is 424 g/mol. The van der Waals surface area contributed by atoms with Crippen molar-refractivity contribution in [2.45, 2.75) is 12.4 Å². The van der Waals surface area contributed by atoms with E-state index in [0.717, 1.165) is 0 Å². The van der Waals surface area contributed by atoms with Gasteiger partial charge in [0.25, 0.3) is 0 Å². The lowest BCUT2D eigenvalue weighted by atomic mass is 10.1. The predicted molar refractivity (Wildman–Crippen MR) is 66.8 cm³/mol. The zero-order valence-electron chi connectivity index (χ0n) is 12.6. The third-order valence-electron chi connectivity index (χ3n) is 3.11. The Kier molecular flexibility index (Phi) is 5.36. The maximum absolute atomic E-state index is 13.7. The lowest BCUT2D eigenvalue weighted by molar-refractivity contribution is -0.143. The highest BCUT2D eigenvalue weighted by Crippen LogP contribution is 2.41. The quantitative estimate of drug-likeness (QED) is 0.366. The Morgan fingerprint density at radius 3 is 1.04 bits per heavy atom. The van der Waals surface area contributed by atoms with Crippen LogP contribution in [0.5, 0.6) is 0 Å². The van der Waals surface area contributed by atoms with E-state index in [2.05, 4.69) is 10.2 Å². The molecule has 0 N–H and O–H groups in total. The molecule has 0 bridgehead atoms. The van der Waals surface area contributed by atoms with Gasteiger partial charge in [0.2, 0.25) is 0 Å². The van der Waals surface area contributed by atoms with Gasteiger partial charge in [-0.25, -0.2) is 26.3 Å². The molecule has 0 aliphatic rings. The third-order valence-corrected chi connectivity index (χ3v) is 3.11. The van der Waals surface area contributed by atoms with E-state index in [1.807, 2.05) is 0 Å². The third kappa shape index (κ3) is 3.89. The average molecular weight is 426 g/mol. The first-order valence-corrected chi connectivity index (χ1v) is 6.57. The summed E-state index contributed by atoms with van der Waals surface area (Å²) in [5, 5.41) is 4.81. The first kappa shape index (κ1) is 21.5. The molecule has 0 amide bonds. The second kappa shape index (κ2) is 6.98. The summed E-state index contributed by atoms with van der Waals surface area (Å²) in [4.78, 5) is 0. The Labute approximate surface area is 146 Å². The van der Waals surface area contributed by atoms with Crippen molar-refractivity contribution in [2.75, 3.05) is 0 Å². The minimum absolute atomic E-state index is 0.473. The molecule has 152 valence electrons. The Morgan fingerprint density at radius 2 is 0.786 bits per heavy atom. The van der Waals surface area contributed by atoms with E-state index >= 15 is 0 Å². The number of alkyl halides is 6. The molecular formula is C14H2F12N2. The molecule has 2 aromatic rings. The van der Waals surface area contributed by atoms with Crippen molar-refractivity contribution >= 4 is 11.4 Å². The van der Waals surface area contributed by atoms with Crippen LogP contribution in [-0.2, 0) is 12.4 Å². The first-order valence-electron chi connectivity index (χ1n) is 6.57. The van der Waals surface area contributed by atoms with Crippen LogP contribution in [0.3, 0.4) is 0 Å². The molecule has 0 atom stereocenters. The van der Waals surface area contributed by atoms with Gasteiger partial charge in [-0.15, -0.1) is 10.2 Å². The largest absolute Gasteiger partial charge is 0.422 e. The Balaban J connectivity index is 2.69. The number of halogens is 12. The van der Waals surface area contributed by atoms with E-state index in [0.29, 0.717) is 0 Å². The van der Waals surface area contributed by atoms with Crippen molar-refractivity contribution in [2.24, 2.45) is 10.2 Å². The second-order valence-electron chi connectivity index (χ2n) is 4.95. The monoisotopic (exact) mass is 426 g/mol. The fraction of sp³-hybridized carbons (Fsp3) is 0.143. The van der Waals surface area contributed by atoms with E-state index in [1.165, 1.54) is 0 Å². The minimum atomic E-state index is -5.68. The Bertz CT molecular complexity index is 881.